The zero-order valence-electron chi connectivity index (χ0n) is 11.3. The van der Waals surface area contributed by atoms with E-state index in [9.17, 15) is 13.2 Å². The Kier molecular flexibility index (Phi) is 6.12. The van der Waals surface area contributed by atoms with Crippen molar-refractivity contribution in [1.29, 1.82) is 0 Å². The van der Waals surface area contributed by atoms with Crippen LogP contribution in [0.25, 0.3) is 0 Å². The number of carboxylic acid groups (broad SMARTS) is 1. The van der Waals surface area contributed by atoms with Crippen molar-refractivity contribution in [2.24, 2.45) is 0 Å². The van der Waals surface area contributed by atoms with Gasteiger partial charge in [-0.25, -0.2) is 13.2 Å². The van der Waals surface area contributed by atoms with Gasteiger partial charge in [0.25, 0.3) is 10.0 Å². The molecular formula is C13H11Cl3N2O4S. The maximum absolute atomic E-state index is 12.3. The van der Waals surface area contributed by atoms with Crippen molar-refractivity contribution in [3.8, 4) is 0 Å². The lowest BCUT2D eigenvalue weighted by Gasteiger charge is -2.11. The van der Waals surface area contributed by atoms with Gasteiger partial charge in [0.05, 0.1) is 15.6 Å². The molecule has 0 amide bonds. The number of aromatic carboxylic acids is 1. The van der Waals surface area contributed by atoms with E-state index in [0.29, 0.717) is 5.69 Å². The van der Waals surface area contributed by atoms with Gasteiger partial charge >= 0.3 is 5.97 Å². The first-order valence-corrected chi connectivity index (χ1v) is 8.05. The van der Waals surface area contributed by atoms with E-state index in [4.69, 9.17) is 34.0 Å². The SMILES string of the molecule is Cl.Nc1ccc(NS(=O)(=O)c2cc(C(=O)O)c(Cl)cc2Cl)cc1. The van der Waals surface area contributed by atoms with Gasteiger partial charge in [0.15, 0.2) is 0 Å². The van der Waals surface area contributed by atoms with E-state index in [1.807, 2.05) is 0 Å². The number of halogens is 3. The van der Waals surface area contributed by atoms with Gasteiger partial charge in [0.1, 0.15) is 4.90 Å². The van der Waals surface area contributed by atoms with Gasteiger partial charge < -0.3 is 10.8 Å². The fourth-order valence-corrected chi connectivity index (χ4v) is 3.57. The van der Waals surface area contributed by atoms with Crippen LogP contribution >= 0.6 is 35.6 Å². The second-order valence-electron chi connectivity index (χ2n) is 4.30. The van der Waals surface area contributed by atoms with Crippen molar-refractivity contribution in [2.75, 3.05) is 10.5 Å². The average Bonchev–Trinajstić information content (AvgIpc) is 2.40. The largest absolute Gasteiger partial charge is 0.478 e. The number of rotatable bonds is 4. The van der Waals surface area contributed by atoms with Gasteiger partial charge in [-0.3, -0.25) is 4.72 Å². The Morgan fingerprint density at radius 1 is 1.09 bits per heavy atom. The van der Waals surface area contributed by atoms with Gasteiger partial charge in [0.2, 0.25) is 0 Å². The number of carbonyl (C=O) groups is 1. The molecule has 0 aliphatic rings. The van der Waals surface area contributed by atoms with Crippen LogP contribution < -0.4 is 10.5 Å². The van der Waals surface area contributed by atoms with Crippen LogP contribution in [0, 0.1) is 0 Å². The first-order chi connectivity index (χ1) is 10.2. The molecule has 2 rings (SSSR count). The Morgan fingerprint density at radius 2 is 1.65 bits per heavy atom. The molecule has 0 unspecified atom stereocenters. The fourth-order valence-electron chi connectivity index (χ4n) is 1.66. The average molecular weight is 398 g/mol. The lowest BCUT2D eigenvalue weighted by molar-refractivity contribution is 0.0697. The molecule has 0 spiro atoms. The predicted molar refractivity (Wildman–Crippen MR) is 92.3 cm³/mol. The van der Waals surface area contributed by atoms with E-state index in [0.717, 1.165) is 12.1 Å². The minimum Gasteiger partial charge on any atom is -0.478 e. The second kappa shape index (κ2) is 7.27. The van der Waals surface area contributed by atoms with Crippen molar-refractivity contribution in [2.45, 2.75) is 4.90 Å². The van der Waals surface area contributed by atoms with Crippen molar-refractivity contribution in [3.63, 3.8) is 0 Å². The van der Waals surface area contributed by atoms with Gasteiger partial charge in [-0.15, -0.1) is 12.4 Å². The molecule has 0 saturated carbocycles. The first-order valence-electron chi connectivity index (χ1n) is 5.81. The van der Waals surface area contributed by atoms with Crippen LogP contribution in [0.5, 0.6) is 0 Å². The molecule has 0 aliphatic carbocycles. The summed E-state index contributed by atoms with van der Waals surface area (Å²) < 4.78 is 26.9. The zero-order chi connectivity index (χ0) is 16.5. The van der Waals surface area contributed by atoms with Gasteiger partial charge in [0, 0.05) is 11.4 Å². The maximum Gasteiger partial charge on any atom is 0.337 e. The highest BCUT2D eigenvalue weighted by Gasteiger charge is 2.22. The molecule has 23 heavy (non-hydrogen) atoms. The Bertz CT molecular complexity index is 839. The lowest BCUT2D eigenvalue weighted by Crippen LogP contribution is -2.14. The summed E-state index contributed by atoms with van der Waals surface area (Å²) in [6.07, 6.45) is 0. The molecule has 0 atom stereocenters. The third kappa shape index (κ3) is 4.42. The fraction of sp³-hybridized carbons (Fsp3) is 0. The molecule has 0 heterocycles. The number of sulfonamides is 1. The highest BCUT2D eigenvalue weighted by Crippen LogP contribution is 2.30. The van der Waals surface area contributed by atoms with Crippen molar-refractivity contribution in [3.05, 3.63) is 52.0 Å². The second-order valence-corrected chi connectivity index (χ2v) is 6.76. The summed E-state index contributed by atoms with van der Waals surface area (Å²) in [7, 11) is -4.07. The van der Waals surface area contributed by atoms with Crippen LogP contribution in [-0.2, 0) is 10.0 Å². The summed E-state index contributed by atoms with van der Waals surface area (Å²) in [5.41, 5.74) is 5.89. The zero-order valence-corrected chi connectivity index (χ0v) is 14.4. The summed E-state index contributed by atoms with van der Waals surface area (Å²) in [5.74, 6) is -1.36. The molecule has 0 fully saturated rings. The highest BCUT2D eigenvalue weighted by atomic mass is 35.5. The first kappa shape index (κ1) is 19.4. The summed E-state index contributed by atoms with van der Waals surface area (Å²) in [6.45, 7) is 0. The Morgan fingerprint density at radius 3 is 2.17 bits per heavy atom. The molecule has 2 aromatic rings. The number of nitrogen functional groups attached to an aromatic ring is 1. The Labute approximate surface area is 148 Å². The molecular weight excluding hydrogens is 387 g/mol. The quantitative estimate of drug-likeness (QED) is 0.684. The minimum atomic E-state index is -4.07. The summed E-state index contributed by atoms with van der Waals surface area (Å²) in [4.78, 5) is 10.7. The molecule has 0 bridgehead atoms. The molecule has 0 saturated heterocycles. The minimum absolute atomic E-state index is 0. The van der Waals surface area contributed by atoms with E-state index < -0.39 is 16.0 Å². The van der Waals surface area contributed by atoms with E-state index in [-0.39, 0.29) is 38.6 Å². The molecule has 6 nitrogen and oxygen atoms in total. The number of anilines is 2. The number of carboxylic acids is 1. The topological polar surface area (TPSA) is 109 Å². The van der Waals surface area contributed by atoms with E-state index in [2.05, 4.69) is 4.72 Å². The van der Waals surface area contributed by atoms with E-state index >= 15 is 0 Å². The maximum atomic E-state index is 12.3. The monoisotopic (exact) mass is 396 g/mol. The molecule has 10 heteroatoms. The number of nitrogens with one attached hydrogen (secondary N) is 1. The van der Waals surface area contributed by atoms with Crippen LogP contribution in [0.4, 0.5) is 11.4 Å². The lowest BCUT2D eigenvalue weighted by atomic mass is 10.2. The summed E-state index contributed by atoms with van der Waals surface area (Å²) in [6, 6.07) is 7.95. The van der Waals surface area contributed by atoms with Crippen LogP contribution in [0.3, 0.4) is 0 Å². The summed E-state index contributed by atoms with van der Waals surface area (Å²) in [5, 5.41) is 8.68. The number of benzene rings is 2. The van der Waals surface area contributed by atoms with Crippen molar-refractivity contribution < 1.29 is 18.3 Å². The standard InChI is InChI=1S/C13H10Cl2N2O4S.ClH/c14-10-6-11(15)12(5-9(10)13(18)19)22(20,21)17-8-3-1-7(16)2-4-8;/h1-6,17H,16H2,(H,18,19);1H. The van der Waals surface area contributed by atoms with E-state index in [1.54, 1.807) is 0 Å². The third-order valence-electron chi connectivity index (χ3n) is 2.70. The molecule has 0 aliphatic heterocycles. The van der Waals surface area contributed by atoms with E-state index in [1.165, 1.54) is 24.3 Å². The van der Waals surface area contributed by atoms with Crippen LogP contribution in [0.1, 0.15) is 10.4 Å². The van der Waals surface area contributed by atoms with Crippen molar-refractivity contribution >= 4 is 63.0 Å². The predicted octanol–water partition coefficient (Wildman–Crippen LogP) is 3.50. The van der Waals surface area contributed by atoms with Crippen LogP contribution in [-0.4, -0.2) is 19.5 Å². The molecule has 0 radical (unpaired) electrons. The molecule has 124 valence electrons. The van der Waals surface area contributed by atoms with Crippen LogP contribution in [0.2, 0.25) is 10.0 Å². The van der Waals surface area contributed by atoms with Gasteiger partial charge in [-0.2, -0.15) is 0 Å². The molecule has 2 aromatic carbocycles. The smallest absolute Gasteiger partial charge is 0.337 e. The Balaban J connectivity index is 0.00000264. The van der Waals surface area contributed by atoms with Gasteiger partial charge in [-0.1, -0.05) is 23.2 Å². The third-order valence-corrected chi connectivity index (χ3v) is 4.86. The summed E-state index contributed by atoms with van der Waals surface area (Å²) >= 11 is 11.6. The number of nitrogens with two attached hydrogens (primary N) is 1. The Hall–Kier alpha value is -1.67. The van der Waals surface area contributed by atoms with Crippen molar-refractivity contribution in [1.82, 2.24) is 0 Å². The highest BCUT2D eigenvalue weighted by molar-refractivity contribution is 7.92. The number of hydrogen-bond donors (Lipinski definition) is 3. The van der Waals surface area contributed by atoms with Crippen LogP contribution in [0.15, 0.2) is 41.3 Å². The van der Waals surface area contributed by atoms with Gasteiger partial charge in [-0.05, 0) is 36.4 Å². The molecule has 0 aromatic heterocycles. The number of hydrogen-bond acceptors (Lipinski definition) is 4. The molecule has 4 N–H and O–H groups in total. The normalized spacial score (nSPS) is 10.7.